The molecule has 5 aliphatic rings. The molecule has 16 rings (SSSR count). The normalized spacial score (nSPS) is 16.1. The predicted octanol–water partition coefficient (Wildman–Crippen LogP) is 6.53. The summed E-state index contributed by atoms with van der Waals surface area (Å²) in [6.45, 7) is 42.5. The van der Waals surface area contributed by atoms with Gasteiger partial charge in [0.05, 0.1) is 80.2 Å². The predicted molar refractivity (Wildman–Crippen MR) is 480 cm³/mol. The Hall–Kier alpha value is -13.3. The van der Waals surface area contributed by atoms with Gasteiger partial charge < -0.3 is 4.57 Å². The topological polar surface area (TPSA) is 384 Å². The highest BCUT2D eigenvalue weighted by Gasteiger charge is 2.35. The molecule has 3 unspecified atom stereocenters. The van der Waals surface area contributed by atoms with Gasteiger partial charge in [0.2, 0.25) is 23.8 Å². The lowest BCUT2D eigenvalue weighted by molar-refractivity contribution is 0.484. The maximum Gasteiger partial charge on any atom is 0.332 e. The second kappa shape index (κ2) is 35.6. The second-order valence-corrected chi connectivity index (χ2v) is 31.6. The number of hydrogen-bond donors (Lipinski definition) is 0. The van der Waals surface area contributed by atoms with E-state index in [2.05, 4.69) is 63.8 Å². The molecule has 648 valence electrons. The zero-order valence-corrected chi connectivity index (χ0v) is 73.9. The molecular weight excluding hydrogens is 1560 g/mol. The summed E-state index contributed by atoms with van der Waals surface area (Å²) >= 11 is 0. The quantitative estimate of drug-likeness (QED) is 0.0874. The number of benzene rings is 1. The minimum absolute atomic E-state index is 0.0543. The van der Waals surface area contributed by atoms with Crippen molar-refractivity contribution in [3.63, 3.8) is 0 Å². The molecule has 0 spiro atoms. The van der Waals surface area contributed by atoms with Crippen LogP contribution >= 0.6 is 0 Å². The Labute approximate surface area is 701 Å². The van der Waals surface area contributed by atoms with E-state index in [9.17, 15) is 47.9 Å². The Morgan fingerprint density at radius 1 is 0.443 bits per heavy atom. The molecule has 5 aliphatic heterocycles. The van der Waals surface area contributed by atoms with Crippen LogP contribution in [0.15, 0.2) is 135 Å². The van der Waals surface area contributed by atoms with E-state index in [0.29, 0.717) is 145 Å². The van der Waals surface area contributed by atoms with Crippen LogP contribution in [0.1, 0.15) is 165 Å². The van der Waals surface area contributed by atoms with Crippen molar-refractivity contribution < 1.29 is 0 Å². The zero-order valence-electron chi connectivity index (χ0n) is 73.9. The van der Waals surface area contributed by atoms with E-state index in [1.165, 1.54) is 45.7 Å². The van der Waals surface area contributed by atoms with Crippen LogP contribution in [-0.4, -0.2) is 148 Å². The van der Waals surface area contributed by atoms with Crippen molar-refractivity contribution in [3.8, 4) is 0 Å². The molecule has 0 saturated heterocycles. The molecule has 15 heterocycles. The van der Waals surface area contributed by atoms with Crippen LogP contribution in [0.25, 0.3) is 55.8 Å². The summed E-state index contributed by atoms with van der Waals surface area (Å²) in [7, 11) is 8.26. The molecule has 0 N–H and O–H groups in total. The van der Waals surface area contributed by atoms with E-state index in [1.54, 1.807) is 62.4 Å². The first kappa shape index (κ1) is 88.0. The highest BCUT2D eigenvalue weighted by molar-refractivity contribution is 5.93. The highest BCUT2D eigenvalue weighted by Crippen LogP contribution is 2.33. The van der Waals surface area contributed by atoms with Gasteiger partial charge in [-0.15, -0.1) is 6.58 Å². The molecule has 0 bridgehead atoms. The fraction of sp³-hybridized carbons (Fsp3) is 0.494. The molecule has 0 radical (unpaired) electrons. The van der Waals surface area contributed by atoms with Crippen molar-refractivity contribution in [2.24, 2.45) is 66.6 Å². The largest absolute Gasteiger partial charge is 0.332 e. The third-order valence-corrected chi connectivity index (χ3v) is 22.2. The molecule has 0 amide bonds. The van der Waals surface area contributed by atoms with E-state index in [4.69, 9.17) is 0 Å². The first-order valence-electron chi connectivity index (χ1n) is 41.3. The van der Waals surface area contributed by atoms with Gasteiger partial charge in [-0.05, 0) is 114 Å². The molecule has 0 fully saturated rings. The summed E-state index contributed by atoms with van der Waals surface area (Å²) in [6.07, 6.45) is 11.6. The van der Waals surface area contributed by atoms with Crippen molar-refractivity contribution in [2.45, 2.75) is 207 Å². The molecule has 39 nitrogen and oxygen atoms in total. The summed E-state index contributed by atoms with van der Waals surface area (Å²) in [5, 5.41) is 25.1. The van der Waals surface area contributed by atoms with E-state index >= 15 is 0 Å². The highest BCUT2D eigenvalue weighted by atomic mass is 16.2. The fourth-order valence-corrected chi connectivity index (χ4v) is 15.6. The third-order valence-electron chi connectivity index (χ3n) is 22.2. The standard InChI is InChI=1S/C19H21N5O2.C17H24N6O2.2C16H22N6O2.C15H22N6O2/c1-11-6-5-7-14(8-11)10-23-18(25)16-17(22(4)19(23)26)21-15-9-20-12(2)13(3)24(15)16;1-6-7-8-23-16-18-14-13(21(16)10-12(4)19-23)15(24)22(9-11(2)3)17(25)20(14)5;1-6-8-9-20-14(23)12-13(19(5)16(20)24)17-15-21(7-2)18-10(3)11(4)22(12)15;1-6-8-20-14(23)12-13(19(5)16(20)24)17-15-21(9-7-2)18-10(3)11(4)22(12)15;1-5-7-19-13(22)11-12(18(4)15(19)23)16-14-20(11)9-10(3)17-21(14)8-6-2/h5-8,13H,9-10H2,1-4H3;6-7,11H,8-10H2,1-5H3;6,8,11H,7,9H2,1-5H3;7,11H,2,6,8-9H2,1,3-5H3;5-9H2,1-4H3/b;7-6+;8-6+;;. The number of hydrogen-bond acceptors (Lipinski definition) is 24. The van der Waals surface area contributed by atoms with Crippen LogP contribution < -0.4 is 76.3 Å². The first-order valence-corrected chi connectivity index (χ1v) is 41.3. The van der Waals surface area contributed by atoms with Crippen LogP contribution in [0.5, 0.6) is 0 Å². The fourth-order valence-electron chi connectivity index (χ4n) is 15.6. The minimum Gasteiger partial charge on any atom is -0.312 e. The van der Waals surface area contributed by atoms with Gasteiger partial charge in [-0.2, -0.15) is 40.3 Å². The van der Waals surface area contributed by atoms with Gasteiger partial charge in [0, 0.05) is 80.2 Å². The third kappa shape index (κ3) is 15.7. The average molecular weight is 1670 g/mol. The lowest BCUT2D eigenvalue weighted by Crippen LogP contribution is -2.41. The van der Waals surface area contributed by atoms with E-state index in [0.717, 1.165) is 64.9 Å². The van der Waals surface area contributed by atoms with Gasteiger partial charge in [0.15, 0.2) is 55.8 Å². The maximum atomic E-state index is 13.2. The number of allylic oxidation sites excluding steroid dienone is 3. The Kier molecular flexibility index (Phi) is 25.7. The molecule has 122 heavy (non-hydrogen) atoms. The number of aliphatic imine (C=N–C) groups is 1. The number of rotatable bonds is 17. The van der Waals surface area contributed by atoms with Gasteiger partial charge in [-0.3, -0.25) is 92.9 Å². The summed E-state index contributed by atoms with van der Waals surface area (Å²) in [4.78, 5) is 155. The molecule has 1 aromatic carbocycles. The lowest BCUT2D eigenvalue weighted by atomic mass is 10.1. The maximum absolute atomic E-state index is 13.2. The first-order chi connectivity index (χ1) is 58.0. The molecule has 3 atom stereocenters. The zero-order chi connectivity index (χ0) is 88.8. The van der Waals surface area contributed by atoms with Crippen molar-refractivity contribution >= 4 is 108 Å². The Bertz CT molecular complexity index is 6900. The van der Waals surface area contributed by atoms with Gasteiger partial charge in [-0.1, -0.05) is 94.8 Å². The van der Waals surface area contributed by atoms with Crippen LogP contribution in [0.3, 0.4) is 0 Å². The smallest absolute Gasteiger partial charge is 0.312 e. The number of anilines is 4. The monoisotopic (exact) mass is 1670 g/mol. The Morgan fingerprint density at radius 2 is 0.844 bits per heavy atom. The van der Waals surface area contributed by atoms with E-state index < -0.39 is 0 Å². The van der Waals surface area contributed by atoms with E-state index in [1.807, 2.05) is 181 Å². The van der Waals surface area contributed by atoms with Gasteiger partial charge in [0.1, 0.15) is 5.82 Å². The SMILES string of the molecule is C/C=C/CN1N=C(C)Cn2c1nc1c2c(=O)n(CC(C)C)c(=O)n1C.C/C=C/Cn1c(=O)c2c(nc3n2C(C)C(C)=NN3CC)n(C)c1=O.C=CCN1N=C(C)C(C)n2c1nc1c2c(=O)n(CCC)c(=O)n1C.CC1=NCc2nc3c(c(=O)n(Cc4cccc(C)c4)c(=O)n3C)n2C1C.CCCN1N=C(C)Cn2c1nc1c2c(=O)n(CCC)c(=O)n1C. The molecule has 0 saturated carbocycles. The average Bonchev–Trinajstić information content (AvgIpc) is 1.87. The summed E-state index contributed by atoms with van der Waals surface area (Å²) < 4.78 is 23.1. The lowest BCUT2D eigenvalue weighted by Gasteiger charge is -2.28. The summed E-state index contributed by atoms with van der Waals surface area (Å²) in [6, 6.07) is 7.59. The van der Waals surface area contributed by atoms with Gasteiger partial charge in [-0.25, -0.2) is 49.0 Å². The van der Waals surface area contributed by atoms with Gasteiger partial charge >= 0.3 is 28.4 Å². The molecule has 0 aliphatic carbocycles. The van der Waals surface area contributed by atoms with Gasteiger partial charge in [0.25, 0.3) is 27.8 Å². The number of aryl methyl sites for hydroxylation is 6. The number of aromatic nitrogens is 20. The van der Waals surface area contributed by atoms with E-state index in [-0.39, 0.29) is 93.4 Å². The van der Waals surface area contributed by atoms with Crippen LogP contribution in [0.4, 0.5) is 23.8 Å². The Morgan fingerprint density at radius 3 is 1.34 bits per heavy atom. The number of fused-ring (bicyclic) bond motifs is 15. The van der Waals surface area contributed by atoms with Crippen molar-refractivity contribution in [2.75, 3.05) is 46.2 Å². The number of imidazole rings is 5. The molecule has 39 heteroatoms. The molecule has 10 aromatic heterocycles. The van der Waals surface area contributed by atoms with Crippen molar-refractivity contribution in [1.82, 2.24) is 93.4 Å². The summed E-state index contributed by atoms with van der Waals surface area (Å²) in [5.41, 5.74) is 7.68. The molecule has 11 aromatic rings. The van der Waals surface area contributed by atoms with Crippen LogP contribution in [-0.2, 0) is 87.6 Å². The Balaban J connectivity index is 0.000000140. The number of hydrazone groups is 4. The van der Waals surface area contributed by atoms with Crippen LogP contribution in [0, 0.1) is 12.8 Å². The second-order valence-electron chi connectivity index (χ2n) is 31.6. The summed E-state index contributed by atoms with van der Waals surface area (Å²) in [5.74, 6) is 3.30. The van der Waals surface area contributed by atoms with Crippen molar-refractivity contribution in [3.05, 3.63) is 182 Å². The molecular formula is C83H111N29O10. The van der Waals surface area contributed by atoms with Crippen LogP contribution in [0.2, 0.25) is 0 Å². The number of nitrogens with zero attached hydrogens (tertiary/aromatic N) is 29. The van der Waals surface area contributed by atoms with Crippen molar-refractivity contribution in [1.29, 1.82) is 0 Å². The minimum atomic E-state index is -0.366.